The van der Waals surface area contributed by atoms with Gasteiger partial charge in [0.15, 0.2) is 0 Å². The van der Waals surface area contributed by atoms with Crippen LogP contribution in [0.4, 0.5) is 10.1 Å². The molecular formula is C26H21FN4O3S2. The quantitative estimate of drug-likeness (QED) is 0.271. The fourth-order valence-electron chi connectivity index (χ4n) is 3.54. The SMILES string of the molecule is O=S(=O)(/C=C/c1cccc(F)c1)Nc1cccc(OCc2cn(Cc3cc4ccccc4s3)nn2)c1. The van der Waals surface area contributed by atoms with Crippen LogP contribution in [0.3, 0.4) is 0 Å². The molecular weight excluding hydrogens is 499 g/mol. The van der Waals surface area contributed by atoms with Crippen LogP contribution in [0.25, 0.3) is 16.2 Å². The Kier molecular flexibility index (Phi) is 6.79. The zero-order valence-electron chi connectivity index (χ0n) is 18.9. The number of rotatable bonds is 9. The van der Waals surface area contributed by atoms with Gasteiger partial charge >= 0.3 is 0 Å². The van der Waals surface area contributed by atoms with Crippen LogP contribution in [0, 0.1) is 5.82 Å². The Morgan fingerprint density at radius 1 is 1.03 bits per heavy atom. The minimum atomic E-state index is -3.80. The Balaban J connectivity index is 1.18. The second kappa shape index (κ2) is 10.3. The third-order valence-electron chi connectivity index (χ3n) is 5.15. The van der Waals surface area contributed by atoms with Gasteiger partial charge in [0.05, 0.1) is 23.8 Å². The van der Waals surface area contributed by atoms with Crippen molar-refractivity contribution in [1.82, 2.24) is 15.0 Å². The molecule has 182 valence electrons. The van der Waals surface area contributed by atoms with Gasteiger partial charge in [0, 0.05) is 15.6 Å². The molecule has 0 aliphatic carbocycles. The van der Waals surface area contributed by atoms with Crippen molar-refractivity contribution in [2.24, 2.45) is 0 Å². The molecule has 10 heteroatoms. The summed E-state index contributed by atoms with van der Waals surface area (Å²) in [5.41, 5.74) is 1.43. The predicted molar refractivity (Wildman–Crippen MR) is 140 cm³/mol. The number of sulfonamides is 1. The van der Waals surface area contributed by atoms with E-state index in [1.54, 1.807) is 46.4 Å². The molecule has 0 spiro atoms. The number of benzene rings is 3. The normalized spacial score (nSPS) is 11.8. The van der Waals surface area contributed by atoms with E-state index < -0.39 is 15.8 Å². The molecule has 1 N–H and O–H groups in total. The van der Waals surface area contributed by atoms with Crippen molar-refractivity contribution in [1.29, 1.82) is 0 Å². The zero-order chi connectivity index (χ0) is 25.0. The second-order valence-corrected chi connectivity index (χ2v) is 10.7. The van der Waals surface area contributed by atoms with Crippen LogP contribution in [0.5, 0.6) is 5.75 Å². The number of halogens is 1. The molecule has 7 nitrogen and oxygen atoms in total. The molecule has 2 heterocycles. The van der Waals surface area contributed by atoms with E-state index in [4.69, 9.17) is 4.74 Å². The lowest BCUT2D eigenvalue weighted by molar-refractivity contribution is 0.301. The maximum absolute atomic E-state index is 13.3. The summed E-state index contributed by atoms with van der Waals surface area (Å²) in [6.45, 7) is 0.800. The van der Waals surface area contributed by atoms with Crippen LogP contribution < -0.4 is 9.46 Å². The monoisotopic (exact) mass is 520 g/mol. The summed E-state index contributed by atoms with van der Waals surface area (Å²) in [5.74, 6) is 0.0378. The van der Waals surface area contributed by atoms with Gasteiger partial charge in [0.1, 0.15) is 23.9 Å². The minimum absolute atomic E-state index is 0.183. The zero-order valence-corrected chi connectivity index (χ0v) is 20.5. The first-order chi connectivity index (χ1) is 17.4. The van der Waals surface area contributed by atoms with Gasteiger partial charge in [0.25, 0.3) is 10.0 Å². The van der Waals surface area contributed by atoms with E-state index >= 15 is 0 Å². The summed E-state index contributed by atoms with van der Waals surface area (Å²) >= 11 is 1.72. The lowest BCUT2D eigenvalue weighted by atomic mass is 10.2. The van der Waals surface area contributed by atoms with Gasteiger partial charge in [-0.05, 0) is 53.4 Å². The van der Waals surface area contributed by atoms with Crippen molar-refractivity contribution < 1.29 is 17.5 Å². The van der Waals surface area contributed by atoms with E-state index in [2.05, 4.69) is 33.2 Å². The van der Waals surface area contributed by atoms with Gasteiger partial charge in [-0.15, -0.1) is 16.4 Å². The molecule has 5 rings (SSSR count). The van der Waals surface area contributed by atoms with E-state index in [1.807, 2.05) is 18.3 Å². The van der Waals surface area contributed by atoms with Crippen LogP contribution in [-0.2, 0) is 23.2 Å². The summed E-state index contributed by atoms with van der Waals surface area (Å²) in [6.07, 6.45) is 3.15. The van der Waals surface area contributed by atoms with Crippen LogP contribution in [0.2, 0.25) is 0 Å². The Morgan fingerprint density at radius 2 is 1.89 bits per heavy atom. The number of ether oxygens (including phenoxy) is 1. The lowest BCUT2D eigenvalue weighted by Gasteiger charge is -2.08. The molecule has 0 aliphatic heterocycles. The highest BCUT2D eigenvalue weighted by atomic mass is 32.2. The average Bonchev–Trinajstić information content (AvgIpc) is 3.48. The molecule has 0 unspecified atom stereocenters. The van der Waals surface area contributed by atoms with Crippen molar-refractivity contribution in [3.63, 3.8) is 0 Å². The lowest BCUT2D eigenvalue weighted by Crippen LogP contribution is -2.09. The summed E-state index contributed by atoms with van der Waals surface area (Å²) in [7, 11) is -3.80. The van der Waals surface area contributed by atoms with E-state index in [-0.39, 0.29) is 6.61 Å². The van der Waals surface area contributed by atoms with Gasteiger partial charge in [-0.25, -0.2) is 17.5 Å². The molecule has 0 saturated heterocycles. The molecule has 0 saturated carbocycles. The molecule has 5 aromatic rings. The summed E-state index contributed by atoms with van der Waals surface area (Å²) < 4.78 is 49.4. The van der Waals surface area contributed by atoms with Gasteiger partial charge < -0.3 is 4.74 Å². The maximum atomic E-state index is 13.3. The molecule has 0 amide bonds. The topological polar surface area (TPSA) is 86.1 Å². The van der Waals surface area contributed by atoms with E-state index in [1.165, 1.54) is 39.2 Å². The Hall–Kier alpha value is -4.02. The highest BCUT2D eigenvalue weighted by Gasteiger charge is 2.09. The first-order valence-corrected chi connectivity index (χ1v) is 13.3. The third-order valence-corrected chi connectivity index (χ3v) is 7.27. The highest BCUT2D eigenvalue weighted by molar-refractivity contribution is 7.95. The number of aromatic nitrogens is 3. The van der Waals surface area contributed by atoms with Crippen LogP contribution in [-0.4, -0.2) is 23.4 Å². The molecule has 3 aromatic carbocycles. The Morgan fingerprint density at radius 3 is 2.75 bits per heavy atom. The van der Waals surface area contributed by atoms with Crippen LogP contribution in [0.1, 0.15) is 16.1 Å². The number of fused-ring (bicyclic) bond motifs is 1. The van der Waals surface area contributed by atoms with Crippen LogP contribution in [0.15, 0.2) is 90.5 Å². The van der Waals surface area contributed by atoms with Crippen LogP contribution >= 0.6 is 11.3 Å². The van der Waals surface area contributed by atoms with E-state index in [0.717, 1.165) is 5.41 Å². The van der Waals surface area contributed by atoms with E-state index in [0.29, 0.717) is 29.2 Å². The standard InChI is InChI=1S/C26H21FN4O3S2/c27-21-7-3-5-19(13-21)11-12-36(32,33)29-22-8-4-9-24(15-22)34-18-23-16-31(30-28-23)17-25-14-20-6-1-2-10-26(20)35-25/h1-16,29H,17-18H2/b12-11+. The minimum Gasteiger partial charge on any atom is -0.487 e. The van der Waals surface area contributed by atoms with Gasteiger partial charge in [-0.2, -0.15) is 0 Å². The Labute approximate surface area is 211 Å². The fraction of sp³-hybridized carbons (Fsp3) is 0.0769. The molecule has 0 fully saturated rings. The van der Waals surface area contributed by atoms with Crippen molar-refractivity contribution in [2.45, 2.75) is 13.2 Å². The molecule has 2 aromatic heterocycles. The molecule has 0 bridgehead atoms. The van der Waals surface area contributed by atoms with Gasteiger partial charge in [0.2, 0.25) is 0 Å². The number of nitrogens with zero attached hydrogens (tertiary/aromatic N) is 3. The number of hydrogen-bond donors (Lipinski definition) is 1. The summed E-state index contributed by atoms with van der Waals surface area (Å²) in [5, 5.41) is 10.5. The summed E-state index contributed by atoms with van der Waals surface area (Å²) in [4.78, 5) is 1.18. The number of thiophene rings is 1. The summed E-state index contributed by atoms with van der Waals surface area (Å²) in [6, 6.07) is 22.6. The average molecular weight is 521 g/mol. The maximum Gasteiger partial charge on any atom is 0.255 e. The Bertz CT molecular complexity index is 1610. The van der Waals surface area contributed by atoms with Crippen molar-refractivity contribution in [2.75, 3.05) is 4.72 Å². The van der Waals surface area contributed by atoms with Crippen molar-refractivity contribution in [3.05, 3.63) is 112 Å². The molecule has 36 heavy (non-hydrogen) atoms. The third kappa shape index (κ3) is 6.15. The van der Waals surface area contributed by atoms with Crippen molar-refractivity contribution in [3.8, 4) is 5.75 Å². The van der Waals surface area contributed by atoms with Gasteiger partial charge in [-0.1, -0.05) is 41.6 Å². The first-order valence-electron chi connectivity index (χ1n) is 11.0. The second-order valence-electron chi connectivity index (χ2n) is 7.98. The smallest absolute Gasteiger partial charge is 0.255 e. The van der Waals surface area contributed by atoms with Gasteiger partial charge in [-0.3, -0.25) is 4.72 Å². The fourth-order valence-corrected chi connectivity index (χ4v) is 5.46. The first kappa shape index (κ1) is 23.7. The number of anilines is 1. The van der Waals surface area contributed by atoms with Crippen molar-refractivity contribution >= 4 is 43.2 Å². The highest BCUT2D eigenvalue weighted by Crippen LogP contribution is 2.26. The number of nitrogens with one attached hydrogen (secondary N) is 1. The predicted octanol–water partition coefficient (Wildman–Crippen LogP) is 5.67. The number of hydrogen-bond acceptors (Lipinski definition) is 6. The molecule has 0 radical (unpaired) electrons. The van der Waals surface area contributed by atoms with E-state index in [9.17, 15) is 12.8 Å². The molecule has 0 aliphatic rings. The largest absolute Gasteiger partial charge is 0.487 e. The molecule has 0 atom stereocenters.